The number of fused-ring (bicyclic) bond motifs is 1. The Labute approximate surface area is 110 Å². The first-order valence-corrected chi connectivity index (χ1v) is 7.06. The van der Waals surface area contributed by atoms with Crippen molar-refractivity contribution in [1.29, 1.82) is 0 Å². The van der Waals surface area contributed by atoms with E-state index in [0.717, 1.165) is 17.8 Å². The van der Waals surface area contributed by atoms with Crippen LogP contribution in [0.1, 0.15) is 40.0 Å². The first kappa shape index (κ1) is 11.8. The monoisotopic (exact) mass is 262 g/mol. The number of benzene rings is 1. The molecule has 1 aliphatic carbocycles. The summed E-state index contributed by atoms with van der Waals surface area (Å²) in [5.74, 6) is -0.252. The van der Waals surface area contributed by atoms with Crippen LogP contribution < -0.4 is 5.73 Å². The van der Waals surface area contributed by atoms with Gasteiger partial charge in [0.25, 0.3) is 0 Å². The van der Waals surface area contributed by atoms with E-state index in [-0.39, 0.29) is 5.82 Å². The third kappa shape index (κ3) is 2.06. The van der Waals surface area contributed by atoms with E-state index in [0.29, 0.717) is 5.56 Å². The van der Waals surface area contributed by atoms with Crippen LogP contribution in [0.4, 0.5) is 4.39 Å². The second-order valence-electron chi connectivity index (χ2n) is 4.63. The number of hydrogen-bond acceptors (Lipinski definition) is 3. The van der Waals surface area contributed by atoms with Crippen molar-refractivity contribution in [3.63, 3.8) is 0 Å². The summed E-state index contributed by atoms with van der Waals surface area (Å²) in [6.07, 6.45) is 4.56. The Morgan fingerprint density at radius 1 is 1.22 bits per heavy atom. The Bertz CT molecular complexity index is 541. The van der Waals surface area contributed by atoms with Gasteiger partial charge in [0, 0.05) is 10.4 Å². The minimum atomic E-state index is -0.443. The molecule has 1 aromatic carbocycles. The molecule has 2 nitrogen and oxygen atoms in total. The molecule has 0 amide bonds. The van der Waals surface area contributed by atoms with Crippen molar-refractivity contribution in [1.82, 2.24) is 4.98 Å². The first-order chi connectivity index (χ1) is 8.75. The van der Waals surface area contributed by atoms with Crippen molar-refractivity contribution in [2.24, 2.45) is 5.73 Å². The zero-order chi connectivity index (χ0) is 12.5. The highest BCUT2D eigenvalue weighted by molar-refractivity contribution is 7.11. The number of hydrogen-bond donors (Lipinski definition) is 1. The van der Waals surface area contributed by atoms with Gasteiger partial charge in [0.15, 0.2) is 0 Å². The highest BCUT2D eigenvalue weighted by atomic mass is 32.1. The average molecular weight is 262 g/mol. The fraction of sp³-hybridized carbons (Fsp3) is 0.357. The van der Waals surface area contributed by atoms with Crippen molar-refractivity contribution in [2.75, 3.05) is 0 Å². The lowest BCUT2D eigenvalue weighted by Gasteiger charge is -2.09. The molecule has 94 valence electrons. The van der Waals surface area contributed by atoms with Crippen LogP contribution in [0.5, 0.6) is 0 Å². The molecule has 0 saturated carbocycles. The topological polar surface area (TPSA) is 38.9 Å². The molecule has 4 heteroatoms. The highest BCUT2D eigenvalue weighted by Gasteiger charge is 2.21. The van der Waals surface area contributed by atoms with Crippen molar-refractivity contribution in [3.8, 4) is 0 Å². The maximum absolute atomic E-state index is 13.7. The predicted octanol–water partition coefficient (Wildman–Crippen LogP) is 3.21. The number of halogens is 1. The third-order valence-corrected chi connectivity index (χ3v) is 4.61. The minimum absolute atomic E-state index is 0.252. The van der Waals surface area contributed by atoms with Crippen LogP contribution in [0, 0.1) is 5.82 Å². The van der Waals surface area contributed by atoms with Crippen LogP contribution in [0.15, 0.2) is 24.3 Å². The number of nitrogens with two attached hydrogens (primary N) is 1. The summed E-state index contributed by atoms with van der Waals surface area (Å²) in [5, 5.41) is 0.840. The molecule has 1 atom stereocenters. The maximum Gasteiger partial charge on any atom is 0.128 e. The van der Waals surface area contributed by atoms with Gasteiger partial charge in [0.1, 0.15) is 10.8 Å². The van der Waals surface area contributed by atoms with Gasteiger partial charge in [-0.3, -0.25) is 0 Å². The predicted molar refractivity (Wildman–Crippen MR) is 71.2 cm³/mol. The molecular formula is C14H15FN2S. The fourth-order valence-electron chi connectivity index (χ4n) is 2.37. The van der Waals surface area contributed by atoms with E-state index < -0.39 is 6.04 Å². The van der Waals surface area contributed by atoms with Crippen LogP contribution in [0.3, 0.4) is 0 Å². The standard InChI is InChI=1S/C14H15FN2S/c15-10-6-2-1-5-9(10)13(16)14-17-11-7-3-4-8-12(11)18-14/h1-2,5-6,13H,3-4,7-8,16H2. The van der Waals surface area contributed by atoms with Crippen molar-refractivity contribution >= 4 is 11.3 Å². The highest BCUT2D eigenvalue weighted by Crippen LogP contribution is 2.32. The van der Waals surface area contributed by atoms with Gasteiger partial charge in [-0.25, -0.2) is 9.37 Å². The van der Waals surface area contributed by atoms with Crippen molar-refractivity contribution < 1.29 is 4.39 Å². The SMILES string of the molecule is NC(c1nc2c(s1)CCCC2)c1ccccc1F. The lowest BCUT2D eigenvalue weighted by Crippen LogP contribution is -2.13. The largest absolute Gasteiger partial charge is 0.318 e. The van der Waals surface area contributed by atoms with E-state index in [9.17, 15) is 4.39 Å². The zero-order valence-corrected chi connectivity index (χ0v) is 10.8. The van der Waals surface area contributed by atoms with Gasteiger partial charge in [-0.15, -0.1) is 11.3 Å². The van der Waals surface area contributed by atoms with Gasteiger partial charge in [0.05, 0.1) is 11.7 Å². The number of aryl methyl sites for hydroxylation is 2. The molecule has 0 radical (unpaired) electrons. The fourth-order valence-corrected chi connectivity index (χ4v) is 3.54. The normalized spacial score (nSPS) is 16.3. The van der Waals surface area contributed by atoms with Gasteiger partial charge in [-0.1, -0.05) is 18.2 Å². The van der Waals surface area contributed by atoms with Gasteiger partial charge < -0.3 is 5.73 Å². The minimum Gasteiger partial charge on any atom is -0.318 e. The van der Waals surface area contributed by atoms with E-state index in [2.05, 4.69) is 4.98 Å². The molecule has 0 aliphatic heterocycles. The summed E-state index contributed by atoms with van der Waals surface area (Å²) in [5.41, 5.74) is 7.84. The zero-order valence-electron chi connectivity index (χ0n) is 10.0. The molecule has 3 rings (SSSR count). The number of thiazole rings is 1. The second-order valence-corrected chi connectivity index (χ2v) is 5.74. The van der Waals surface area contributed by atoms with E-state index in [1.807, 2.05) is 6.07 Å². The number of rotatable bonds is 2. The van der Waals surface area contributed by atoms with Gasteiger partial charge in [0.2, 0.25) is 0 Å². The summed E-state index contributed by atoms with van der Waals surface area (Å²) >= 11 is 1.64. The molecule has 0 fully saturated rings. The second kappa shape index (κ2) is 4.78. The Morgan fingerprint density at radius 3 is 2.78 bits per heavy atom. The summed E-state index contributed by atoms with van der Waals surface area (Å²) < 4.78 is 13.7. The summed E-state index contributed by atoms with van der Waals surface area (Å²) in [6, 6.07) is 6.23. The van der Waals surface area contributed by atoms with E-state index in [1.54, 1.807) is 23.5 Å². The molecule has 2 aromatic rings. The van der Waals surface area contributed by atoms with Crippen LogP contribution in [-0.4, -0.2) is 4.98 Å². The Hall–Kier alpha value is -1.26. The van der Waals surface area contributed by atoms with Crippen LogP contribution in [0.25, 0.3) is 0 Å². The first-order valence-electron chi connectivity index (χ1n) is 6.24. The molecule has 0 saturated heterocycles. The molecular weight excluding hydrogens is 247 g/mol. The van der Waals surface area contributed by atoms with Gasteiger partial charge in [-0.05, 0) is 31.7 Å². The Kier molecular flexibility index (Phi) is 3.14. The average Bonchev–Trinajstić information content (AvgIpc) is 2.82. The third-order valence-electron chi connectivity index (χ3n) is 3.37. The van der Waals surface area contributed by atoms with Crippen LogP contribution in [0.2, 0.25) is 0 Å². The van der Waals surface area contributed by atoms with E-state index in [1.165, 1.54) is 29.5 Å². The summed E-state index contributed by atoms with van der Waals surface area (Å²) in [4.78, 5) is 5.93. The molecule has 1 aliphatic rings. The maximum atomic E-state index is 13.7. The van der Waals surface area contributed by atoms with E-state index >= 15 is 0 Å². The number of aromatic nitrogens is 1. The molecule has 2 N–H and O–H groups in total. The van der Waals surface area contributed by atoms with Crippen molar-refractivity contribution in [3.05, 3.63) is 51.2 Å². The molecule has 0 spiro atoms. The van der Waals surface area contributed by atoms with Gasteiger partial charge in [-0.2, -0.15) is 0 Å². The lowest BCUT2D eigenvalue weighted by molar-refractivity contribution is 0.598. The summed E-state index contributed by atoms with van der Waals surface area (Å²) in [6.45, 7) is 0. The van der Waals surface area contributed by atoms with Crippen molar-refractivity contribution in [2.45, 2.75) is 31.7 Å². The molecule has 1 aromatic heterocycles. The van der Waals surface area contributed by atoms with Gasteiger partial charge >= 0.3 is 0 Å². The van der Waals surface area contributed by atoms with E-state index in [4.69, 9.17) is 5.73 Å². The van der Waals surface area contributed by atoms with Crippen LogP contribution >= 0.6 is 11.3 Å². The molecule has 1 unspecified atom stereocenters. The quantitative estimate of drug-likeness (QED) is 0.902. The molecule has 0 bridgehead atoms. The smallest absolute Gasteiger partial charge is 0.128 e. The summed E-state index contributed by atoms with van der Waals surface area (Å²) in [7, 11) is 0. The Morgan fingerprint density at radius 2 is 2.00 bits per heavy atom. The lowest BCUT2D eigenvalue weighted by atomic mass is 10.0. The molecule has 1 heterocycles. The Balaban J connectivity index is 1.95. The molecule has 18 heavy (non-hydrogen) atoms. The van der Waals surface area contributed by atoms with Crippen LogP contribution in [-0.2, 0) is 12.8 Å². The number of nitrogens with zero attached hydrogens (tertiary/aromatic N) is 1.